The van der Waals surface area contributed by atoms with Gasteiger partial charge in [-0.2, -0.15) is 0 Å². The molecule has 1 N–H and O–H groups in total. The Morgan fingerprint density at radius 3 is 3.08 bits per heavy atom. The van der Waals surface area contributed by atoms with Gasteiger partial charge in [0.15, 0.2) is 0 Å². The zero-order valence-corrected chi connectivity index (χ0v) is 8.60. The van der Waals surface area contributed by atoms with E-state index in [1.165, 1.54) is 0 Å². The molecule has 0 amide bonds. The maximum absolute atomic E-state index is 5.47. The van der Waals surface area contributed by atoms with Gasteiger partial charge >= 0.3 is 0 Å². The molecular weight excluding hydrogens is 162 g/mol. The van der Waals surface area contributed by atoms with Gasteiger partial charge in [-0.1, -0.05) is 0 Å². The average Bonchev–Trinajstić information content (AvgIpc) is 2.13. The molecule has 0 aromatic rings. The topological polar surface area (TPSA) is 21.3 Å². The Morgan fingerprint density at radius 2 is 2.38 bits per heavy atom. The summed E-state index contributed by atoms with van der Waals surface area (Å²) < 4.78 is 5.47. The van der Waals surface area contributed by atoms with E-state index in [-0.39, 0.29) is 0 Å². The first kappa shape index (κ1) is 10.6. The van der Waals surface area contributed by atoms with Crippen molar-refractivity contribution in [2.45, 2.75) is 45.3 Å². The largest absolute Gasteiger partial charge is 0.378 e. The predicted octanol–water partition coefficient (Wildman–Crippen LogP) is 1.56. The number of ether oxygens (including phenoxy) is 1. The number of hydrogen-bond acceptors (Lipinski definition) is 2. The first-order valence-corrected chi connectivity index (χ1v) is 5.07. The highest BCUT2D eigenvalue weighted by Crippen LogP contribution is 2.12. The molecule has 2 heteroatoms. The van der Waals surface area contributed by atoms with Gasteiger partial charge in [0.25, 0.3) is 0 Å². The predicted molar refractivity (Wildman–Crippen MR) is 54.5 cm³/mol. The van der Waals surface area contributed by atoms with Crippen molar-refractivity contribution in [2.75, 3.05) is 13.2 Å². The van der Waals surface area contributed by atoms with Gasteiger partial charge in [0.1, 0.15) is 0 Å². The van der Waals surface area contributed by atoms with E-state index in [0.717, 1.165) is 32.4 Å². The summed E-state index contributed by atoms with van der Waals surface area (Å²) in [6.45, 7) is 5.94. The van der Waals surface area contributed by atoms with Crippen molar-refractivity contribution in [1.29, 1.82) is 0 Å². The molecule has 2 unspecified atom stereocenters. The molecule has 13 heavy (non-hydrogen) atoms. The van der Waals surface area contributed by atoms with E-state index in [1.54, 1.807) is 0 Å². The normalized spacial score (nSPS) is 27.8. The summed E-state index contributed by atoms with van der Waals surface area (Å²) in [7, 11) is 0. The lowest BCUT2D eigenvalue weighted by molar-refractivity contribution is 0.0135. The monoisotopic (exact) mass is 181 g/mol. The fraction of sp³-hybridized carbons (Fsp3) is 0.818. The third-order valence-electron chi connectivity index (χ3n) is 2.34. The van der Waals surface area contributed by atoms with Crippen molar-refractivity contribution in [3.05, 3.63) is 0 Å². The summed E-state index contributed by atoms with van der Waals surface area (Å²) in [6, 6.07) is 0.641. The standard InChI is InChI=1S/C11H19NO/c1-3-4-5-7-12-11-6-8-13-10(2)9-11/h10-12H,5-9H2,1-2H3. The zero-order valence-electron chi connectivity index (χ0n) is 8.60. The van der Waals surface area contributed by atoms with Gasteiger partial charge in [0.05, 0.1) is 6.10 Å². The Morgan fingerprint density at radius 1 is 1.54 bits per heavy atom. The van der Waals surface area contributed by atoms with E-state index < -0.39 is 0 Å². The lowest BCUT2D eigenvalue weighted by Gasteiger charge is -2.27. The second-order valence-electron chi connectivity index (χ2n) is 3.53. The molecule has 0 aromatic heterocycles. The van der Waals surface area contributed by atoms with Crippen LogP contribution in [0.1, 0.15) is 33.1 Å². The van der Waals surface area contributed by atoms with E-state index in [0.29, 0.717) is 12.1 Å². The van der Waals surface area contributed by atoms with Crippen LogP contribution in [0.5, 0.6) is 0 Å². The van der Waals surface area contributed by atoms with Crippen LogP contribution >= 0.6 is 0 Å². The summed E-state index contributed by atoms with van der Waals surface area (Å²) in [5.74, 6) is 5.95. The van der Waals surface area contributed by atoms with Gasteiger partial charge in [-0.05, 0) is 26.7 Å². The highest BCUT2D eigenvalue weighted by atomic mass is 16.5. The molecule has 1 heterocycles. The fourth-order valence-electron chi connectivity index (χ4n) is 1.65. The Kier molecular flexibility index (Phi) is 4.88. The molecule has 0 spiro atoms. The van der Waals surface area contributed by atoms with E-state index in [1.807, 2.05) is 6.92 Å². The molecular formula is C11H19NO. The highest BCUT2D eigenvalue weighted by Gasteiger charge is 2.17. The third-order valence-corrected chi connectivity index (χ3v) is 2.34. The number of nitrogens with one attached hydrogen (secondary N) is 1. The fourth-order valence-corrected chi connectivity index (χ4v) is 1.65. The summed E-state index contributed by atoms with van der Waals surface area (Å²) in [5, 5.41) is 3.50. The van der Waals surface area contributed by atoms with Crippen LogP contribution in [0.25, 0.3) is 0 Å². The van der Waals surface area contributed by atoms with Crippen molar-refractivity contribution in [2.24, 2.45) is 0 Å². The Hall–Kier alpha value is -0.520. The quantitative estimate of drug-likeness (QED) is 0.527. The van der Waals surface area contributed by atoms with E-state index >= 15 is 0 Å². The van der Waals surface area contributed by atoms with Gasteiger partial charge in [-0.25, -0.2) is 0 Å². The molecule has 0 saturated carbocycles. The first-order chi connectivity index (χ1) is 6.33. The lowest BCUT2D eigenvalue weighted by Crippen LogP contribution is -2.38. The number of rotatable bonds is 3. The van der Waals surface area contributed by atoms with Crippen LogP contribution in [-0.2, 0) is 4.74 Å². The summed E-state index contributed by atoms with van der Waals surface area (Å²) >= 11 is 0. The van der Waals surface area contributed by atoms with Crippen LogP contribution in [0.15, 0.2) is 0 Å². The maximum Gasteiger partial charge on any atom is 0.0561 e. The van der Waals surface area contributed by atoms with Gasteiger partial charge in [-0.3, -0.25) is 0 Å². The molecule has 2 nitrogen and oxygen atoms in total. The van der Waals surface area contributed by atoms with Crippen molar-refractivity contribution < 1.29 is 4.74 Å². The summed E-state index contributed by atoms with van der Waals surface area (Å²) in [6.07, 6.45) is 3.66. The van der Waals surface area contributed by atoms with Gasteiger partial charge in [0, 0.05) is 25.6 Å². The van der Waals surface area contributed by atoms with Gasteiger partial charge in [-0.15, -0.1) is 11.8 Å². The highest BCUT2D eigenvalue weighted by molar-refractivity contribution is 4.95. The van der Waals surface area contributed by atoms with E-state index in [9.17, 15) is 0 Å². The van der Waals surface area contributed by atoms with E-state index in [4.69, 9.17) is 4.74 Å². The van der Waals surface area contributed by atoms with Gasteiger partial charge in [0.2, 0.25) is 0 Å². The smallest absolute Gasteiger partial charge is 0.0561 e. The van der Waals surface area contributed by atoms with Crippen LogP contribution in [-0.4, -0.2) is 25.3 Å². The second-order valence-corrected chi connectivity index (χ2v) is 3.53. The number of hydrogen-bond donors (Lipinski definition) is 1. The third kappa shape index (κ3) is 4.31. The Bertz CT molecular complexity index is 192. The minimum atomic E-state index is 0.420. The lowest BCUT2D eigenvalue weighted by atomic mass is 10.0. The summed E-state index contributed by atoms with van der Waals surface area (Å²) in [4.78, 5) is 0. The second kappa shape index (κ2) is 6.01. The minimum Gasteiger partial charge on any atom is -0.378 e. The van der Waals surface area contributed by atoms with Crippen molar-refractivity contribution in [1.82, 2.24) is 5.32 Å². The SMILES string of the molecule is CC#CCCNC1CCOC(C)C1. The molecule has 1 rings (SSSR count). The zero-order chi connectivity index (χ0) is 9.52. The van der Waals surface area contributed by atoms with E-state index in [2.05, 4.69) is 24.1 Å². The molecule has 0 aromatic carbocycles. The van der Waals surface area contributed by atoms with Crippen LogP contribution in [0.3, 0.4) is 0 Å². The van der Waals surface area contributed by atoms with Gasteiger partial charge < -0.3 is 10.1 Å². The first-order valence-electron chi connectivity index (χ1n) is 5.07. The Labute approximate surface area is 81.0 Å². The molecule has 0 bridgehead atoms. The molecule has 1 saturated heterocycles. The molecule has 0 aliphatic carbocycles. The van der Waals surface area contributed by atoms with Crippen LogP contribution in [0.2, 0.25) is 0 Å². The molecule has 0 radical (unpaired) electrons. The minimum absolute atomic E-state index is 0.420. The van der Waals surface area contributed by atoms with Crippen LogP contribution < -0.4 is 5.32 Å². The summed E-state index contributed by atoms with van der Waals surface area (Å²) in [5.41, 5.74) is 0. The van der Waals surface area contributed by atoms with Crippen LogP contribution in [0, 0.1) is 11.8 Å². The molecule has 1 aliphatic heterocycles. The Balaban J connectivity index is 2.08. The molecule has 1 aliphatic rings. The molecule has 1 fully saturated rings. The maximum atomic E-state index is 5.47. The van der Waals surface area contributed by atoms with Crippen molar-refractivity contribution >= 4 is 0 Å². The average molecular weight is 181 g/mol. The molecule has 74 valence electrons. The van der Waals surface area contributed by atoms with Crippen LogP contribution in [0.4, 0.5) is 0 Å². The van der Waals surface area contributed by atoms with Crippen molar-refractivity contribution in [3.8, 4) is 11.8 Å². The molecule has 2 atom stereocenters. The van der Waals surface area contributed by atoms with Crippen molar-refractivity contribution in [3.63, 3.8) is 0 Å².